The maximum Gasteiger partial charge on any atom is 0 e. The molecule has 0 saturated heterocycles. The van der Waals surface area contributed by atoms with E-state index < -0.39 is 23.2 Å². The van der Waals surface area contributed by atoms with E-state index in [4.69, 9.17) is 24.2 Å². The van der Waals surface area contributed by atoms with Gasteiger partial charge in [-0.3, -0.25) is 13.8 Å². The van der Waals surface area contributed by atoms with Crippen LogP contribution in [0.1, 0.15) is 17.0 Å². The maximum absolute atomic E-state index is 10.9. The largest absolute Gasteiger partial charge is 0 e. The van der Waals surface area contributed by atoms with E-state index in [-0.39, 0.29) is 33.5 Å². The molecule has 1 radical (unpaired) electrons. The number of carboxylic acids is 2. The molecule has 3 rings (SSSR count). The summed E-state index contributed by atoms with van der Waals surface area (Å²) in [5, 5.41) is 33.3. The maximum atomic E-state index is 10.9. The standard InChI is InChI=1S/C18H21N8O6S.3CO.Re/c27-17(28)11-25-9-15(19-22-25)7-24(8-16-10-26(23-20-16)12-18(29)30)6-5-13-1-3-14(4-2-13)21-33(31)32;3*1-2;/h1-4,7,9-10,21H,5-6,8,11-12H2,(H,27,28)(H,29,30)(H,31,32);;;;/q-1;;;;/p-1. The van der Waals surface area contributed by atoms with Gasteiger partial charge >= 0.3 is 45.8 Å². The van der Waals surface area contributed by atoms with Crippen LogP contribution in [0.5, 0.6) is 0 Å². The molecule has 2 aromatic heterocycles. The summed E-state index contributed by atoms with van der Waals surface area (Å²) in [5.41, 5.74) is 2.36. The first-order chi connectivity index (χ1) is 18.8. The van der Waals surface area contributed by atoms with Gasteiger partial charge in [-0.2, -0.15) is 5.10 Å². The first-order valence-electron chi connectivity index (χ1n) is 10.1. The van der Waals surface area contributed by atoms with Crippen molar-refractivity contribution in [3.8, 4) is 0 Å². The molecule has 0 fully saturated rings. The van der Waals surface area contributed by atoms with Crippen LogP contribution in [-0.4, -0.2) is 72.3 Å². The molecule has 0 aliphatic carbocycles. The van der Waals surface area contributed by atoms with Crippen LogP contribution < -0.4 is 4.72 Å². The predicted molar refractivity (Wildman–Crippen MR) is 124 cm³/mol. The molecule has 19 heteroatoms. The second-order valence-electron chi connectivity index (χ2n) is 6.92. The SMILES string of the molecule is O=C(O)Cn1cc([CH-]N(CCc2ccc(NS(=O)[O-])cc2)Cc2cn(CC(=O)O)nn2)nn1.[C-]#[O+].[C-]#[O+].[C-]#[O+].[Re]. The minimum atomic E-state index is -2.40. The molecule has 3 N–H and O–H groups in total. The van der Waals surface area contributed by atoms with Gasteiger partial charge in [0.25, 0.3) is 0 Å². The van der Waals surface area contributed by atoms with Crippen LogP contribution >= 0.6 is 0 Å². The molecule has 1 atom stereocenters. The predicted octanol–water partition coefficient (Wildman–Crippen LogP) is -0.615. The molecule has 0 saturated carbocycles. The number of nitrogens with zero attached hydrogens (tertiary/aromatic N) is 7. The molecular formula is C21H20N8O9ReS-2. The molecule has 17 nitrogen and oxygen atoms in total. The minimum Gasteiger partial charge on any atom is 0 e. The average Bonchev–Trinajstić information content (AvgIpc) is 3.54. The number of aromatic nitrogens is 6. The zero-order valence-corrected chi connectivity index (χ0v) is 23.8. The minimum absolute atomic E-state index is 0. The van der Waals surface area contributed by atoms with Gasteiger partial charge in [-0.15, -0.1) is 11.6 Å². The summed E-state index contributed by atoms with van der Waals surface area (Å²) in [5.74, 6) is -2.08. The van der Waals surface area contributed by atoms with Crippen LogP contribution in [0, 0.1) is 26.5 Å². The summed E-state index contributed by atoms with van der Waals surface area (Å²) in [6, 6.07) is 6.88. The Bertz CT molecular complexity index is 1190. The second kappa shape index (κ2) is 21.9. The van der Waals surface area contributed by atoms with Gasteiger partial charge in [-0.05, 0) is 36.4 Å². The summed E-state index contributed by atoms with van der Waals surface area (Å²) in [4.78, 5) is 23.6. The van der Waals surface area contributed by atoms with Crippen molar-refractivity contribution in [3.05, 3.63) is 80.1 Å². The number of anilines is 1. The van der Waals surface area contributed by atoms with Crippen LogP contribution in [0.25, 0.3) is 0 Å². The van der Waals surface area contributed by atoms with Crippen molar-refractivity contribution >= 4 is 28.9 Å². The Labute approximate surface area is 243 Å². The first kappa shape index (κ1) is 38.2. The van der Waals surface area contributed by atoms with Gasteiger partial charge in [0.05, 0.1) is 11.9 Å². The normalized spacial score (nSPS) is 10.0. The van der Waals surface area contributed by atoms with Gasteiger partial charge in [0.2, 0.25) is 0 Å². The van der Waals surface area contributed by atoms with Crippen LogP contribution in [-0.2, 0) is 81.3 Å². The topological polar surface area (TPSA) is 251 Å². The third kappa shape index (κ3) is 15.5. The molecule has 1 aromatic carbocycles. The van der Waals surface area contributed by atoms with Gasteiger partial charge in [-0.25, -0.2) is 4.68 Å². The molecule has 0 spiro atoms. The van der Waals surface area contributed by atoms with Crippen molar-refractivity contribution in [1.29, 1.82) is 0 Å². The van der Waals surface area contributed by atoms with E-state index in [1.165, 1.54) is 21.8 Å². The molecule has 1 unspecified atom stereocenters. The van der Waals surface area contributed by atoms with Crippen molar-refractivity contribution < 1.29 is 62.9 Å². The molecule has 0 bridgehead atoms. The Hall–Kier alpha value is -3.94. The van der Waals surface area contributed by atoms with E-state index in [2.05, 4.69) is 45.3 Å². The Morgan fingerprint density at radius 2 is 1.50 bits per heavy atom. The van der Waals surface area contributed by atoms with E-state index >= 15 is 0 Å². The fraction of sp³-hybridized carbons (Fsp3) is 0.238. The number of nitrogens with one attached hydrogen (secondary N) is 1. The fourth-order valence-electron chi connectivity index (χ4n) is 2.91. The van der Waals surface area contributed by atoms with Crippen molar-refractivity contribution in [1.82, 2.24) is 34.9 Å². The summed E-state index contributed by atoms with van der Waals surface area (Å²) in [6.45, 7) is 15.4. The third-order valence-electron chi connectivity index (χ3n) is 4.26. The quantitative estimate of drug-likeness (QED) is 0.113. The van der Waals surface area contributed by atoms with Gasteiger partial charge < -0.3 is 29.1 Å². The summed E-state index contributed by atoms with van der Waals surface area (Å²) in [6.07, 6.45) is 3.61. The molecule has 213 valence electrons. The van der Waals surface area contributed by atoms with Gasteiger partial charge in [-0.1, -0.05) is 28.8 Å². The van der Waals surface area contributed by atoms with Crippen LogP contribution in [0.4, 0.5) is 5.69 Å². The Morgan fingerprint density at radius 3 is 2.02 bits per heavy atom. The molecule has 0 aliphatic rings. The molecule has 3 aromatic rings. The Balaban J connectivity index is 0. The molecule has 0 amide bonds. The number of hydrogen-bond acceptors (Lipinski definition) is 9. The number of rotatable bonds is 13. The number of carbonyl (C=O) groups is 2. The summed E-state index contributed by atoms with van der Waals surface area (Å²) in [7, 11) is 0. The van der Waals surface area contributed by atoms with Crippen molar-refractivity contribution in [2.45, 2.75) is 26.1 Å². The molecule has 40 heavy (non-hydrogen) atoms. The average molecular weight is 747 g/mol. The van der Waals surface area contributed by atoms with Crippen LogP contribution in [0.15, 0.2) is 36.7 Å². The Kier molecular flexibility index (Phi) is 21.0. The van der Waals surface area contributed by atoms with Gasteiger partial charge in [0.15, 0.2) is 0 Å². The fourth-order valence-corrected chi connectivity index (χ4v) is 3.24. The van der Waals surface area contributed by atoms with Gasteiger partial charge in [0, 0.05) is 43.9 Å². The summed E-state index contributed by atoms with van der Waals surface area (Å²) >= 11 is -2.40. The second-order valence-corrected chi connectivity index (χ2v) is 7.59. The number of aliphatic carboxylic acids is 2. The van der Waals surface area contributed by atoms with Gasteiger partial charge in [0.1, 0.15) is 13.1 Å². The van der Waals surface area contributed by atoms with E-state index in [0.717, 1.165) is 5.56 Å². The Morgan fingerprint density at radius 1 is 0.975 bits per heavy atom. The van der Waals surface area contributed by atoms with E-state index in [1.54, 1.807) is 30.8 Å². The monoisotopic (exact) mass is 747 g/mol. The molecule has 0 aliphatic heterocycles. The zero-order valence-electron chi connectivity index (χ0n) is 20.2. The van der Waals surface area contributed by atoms with E-state index in [0.29, 0.717) is 36.6 Å². The third-order valence-corrected chi connectivity index (χ3v) is 4.66. The van der Waals surface area contributed by atoms with E-state index in [9.17, 15) is 18.4 Å². The van der Waals surface area contributed by atoms with Crippen molar-refractivity contribution in [2.75, 3.05) is 11.3 Å². The molecule has 2 heterocycles. The zero-order chi connectivity index (χ0) is 29.8. The number of carboxylic acid groups (broad SMARTS) is 2. The smallest absolute Gasteiger partial charge is 0 e. The van der Waals surface area contributed by atoms with Crippen molar-refractivity contribution in [2.24, 2.45) is 0 Å². The van der Waals surface area contributed by atoms with Crippen molar-refractivity contribution in [3.63, 3.8) is 0 Å². The van der Waals surface area contributed by atoms with E-state index in [1.807, 2.05) is 4.90 Å². The number of hydrogen-bond donors (Lipinski definition) is 3. The summed E-state index contributed by atoms with van der Waals surface area (Å²) < 4.78 is 48.6. The number of benzene rings is 1. The molecular weight excluding hydrogens is 727 g/mol. The van der Waals surface area contributed by atoms with Crippen LogP contribution in [0.2, 0.25) is 0 Å². The van der Waals surface area contributed by atoms with Crippen LogP contribution in [0.3, 0.4) is 0 Å². The first-order valence-corrected chi connectivity index (χ1v) is 11.2.